The molecule has 0 radical (unpaired) electrons. The number of hydrogen-bond donors (Lipinski definition) is 0. The van der Waals surface area contributed by atoms with Crippen LogP contribution in [0.15, 0.2) is 158 Å². The monoisotopic (exact) mass is 656 g/mol. The minimum atomic E-state index is 1.28. The topological polar surface area (TPSA) is 0 Å². The second-order valence-electron chi connectivity index (χ2n) is 14.8. The Kier molecular flexibility index (Phi) is 5.46. The van der Waals surface area contributed by atoms with Gasteiger partial charge in [-0.1, -0.05) is 146 Å². The molecule has 0 aromatic heterocycles. The Bertz CT molecular complexity index is 3240. The molecular formula is C52H32. The highest BCUT2D eigenvalue weighted by atomic mass is 14.3. The maximum absolute atomic E-state index is 2.48. The predicted molar refractivity (Wildman–Crippen MR) is 223 cm³/mol. The van der Waals surface area contributed by atoms with Crippen LogP contribution in [0.2, 0.25) is 0 Å². The van der Waals surface area contributed by atoms with Crippen LogP contribution in [0.4, 0.5) is 0 Å². The van der Waals surface area contributed by atoms with Crippen LogP contribution in [0.1, 0.15) is 11.1 Å². The Hall–Kier alpha value is -6.50. The number of aryl methyl sites for hydroxylation is 2. The molecule has 0 bridgehead atoms. The largest absolute Gasteiger partial charge is 0.0620 e. The van der Waals surface area contributed by atoms with E-state index in [1.807, 2.05) is 0 Å². The molecule has 0 N–H and O–H groups in total. The van der Waals surface area contributed by atoms with Crippen molar-refractivity contribution in [1.29, 1.82) is 0 Å². The number of rotatable bonds is 2. The minimum Gasteiger partial charge on any atom is -0.0620 e. The molecule has 10 aromatic rings. The summed E-state index contributed by atoms with van der Waals surface area (Å²) in [6.07, 6.45) is 0. The van der Waals surface area contributed by atoms with Gasteiger partial charge >= 0.3 is 0 Å². The summed E-state index contributed by atoms with van der Waals surface area (Å²) in [5.41, 5.74) is 18.6. The number of fused-ring (bicyclic) bond motifs is 11. The van der Waals surface area contributed by atoms with Gasteiger partial charge in [-0.3, -0.25) is 0 Å². The average molecular weight is 657 g/mol. The minimum absolute atomic E-state index is 1.28. The lowest BCUT2D eigenvalue weighted by Crippen LogP contribution is -1.97. The van der Waals surface area contributed by atoms with Crippen LogP contribution < -0.4 is 0 Å². The van der Waals surface area contributed by atoms with Gasteiger partial charge in [-0.25, -0.2) is 0 Å². The van der Waals surface area contributed by atoms with Gasteiger partial charge in [0, 0.05) is 0 Å². The molecule has 0 heteroatoms. The van der Waals surface area contributed by atoms with E-state index >= 15 is 0 Å². The molecule has 0 spiro atoms. The van der Waals surface area contributed by atoms with Crippen LogP contribution in [0, 0.1) is 13.8 Å². The van der Waals surface area contributed by atoms with Gasteiger partial charge in [0.15, 0.2) is 0 Å². The van der Waals surface area contributed by atoms with E-state index in [9.17, 15) is 0 Å². The van der Waals surface area contributed by atoms with E-state index in [1.54, 1.807) is 0 Å². The zero-order valence-electron chi connectivity index (χ0n) is 29.0. The smallest absolute Gasteiger partial charge is 0.000709 e. The molecule has 240 valence electrons. The fraction of sp³-hybridized carbons (Fsp3) is 0.0385. The van der Waals surface area contributed by atoms with Crippen LogP contribution in [0.5, 0.6) is 0 Å². The molecule has 0 saturated heterocycles. The molecule has 0 unspecified atom stereocenters. The first kappa shape index (κ1) is 28.2. The zero-order chi connectivity index (χ0) is 34.2. The first-order valence-corrected chi connectivity index (χ1v) is 18.4. The van der Waals surface area contributed by atoms with Crippen molar-refractivity contribution in [1.82, 2.24) is 0 Å². The highest BCUT2D eigenvalue weighted by Crippen LogP contribution is 2.59. The Morgan fingerprint density at radius 1 is 0.250 bits per heavy atom. The second-order valence-corrected chi connectivity index (χ2v) is 14.8. The van der Waals surface area contributed by atoms with Gasteiger partial charge in [0.05, 0.1) is 0 Å². The van der Waals surface area contributed by atoms with E-state index in [1.165, 1.54) is 132 Å². The average Bonchev–Trinajstić information content (AvgIpc) is 3.68. The van der Waals surface area contributed by atoms with E-state index in [0.29, 0.717) is 0 Å². The summed E-state index contributed by atoms with van der Waals surface area (Å²) in [7, 11) is 0. The van der Waals surface area contributed by atoms with Gasteiger partial charge in [-0.05, 0) is 158 Å². The van der Waals surface area contributed by atoms with Crippen LogP contribution in [0.3, 0.4) is 0 Å². The van der Waals surface area contributed by atoms with Crippen molar-refractivity contribution < 1.29 is 0 Å². The molecule has 12 rings (SSSR count). The van der Waals surface area contributed by atoms with Crippen molar-refractivity contribution >= 4 is 53.9 Å². The van der Waals surface area contributed by atoms with Crippen LogP contribution in [0.25, 0.3) is 121 Å². The Morgan fingerprint density at radius 2 is 0.731 bits per heavy atom. The Labute approximate surface area is 302 Å². The van der Waals surface area contributed by atoms with E-state index in [-0.39, 0.29) is 0 Å². The van der Waals surface area contributed by atoms with E-state index in [2.05, 4.69) is 172 Å². The molecule has 2 aliphatic carbocycles. The molecule has 0 saturated carbocycles. The Balaban J connectivity index is 1.30. The SMILES string of the molecule is Cc1ccccc1-c1c2c(c(-c3ccccc3C)c3c1ccc1c4cc5c(cc4ccc13)-c1cccc3cccc-5c13)-c1cccc3cccc-2c13. The maximum atomic E-state index is 2.48. The molecule has 0 fully saturated rings. The summed E-state index contributed by atoms with van der Waals surface area (Å²) in [6.45, 7) is 4.53. The third-order valence-electron chi connectivity index (χ3n) is 12.2. The maximum Gasteiger partial charge on any atom is -0.000709 e. The molecule has 10 aromatic carbocycles. The standard InChI is InChI=1S/C52H32/c1-29-11-3-5-17-34(29)48-42-26-25-36-39(24-23-33-27-44-37-19-7-13-31-14-8-20-38(46(31)37)45(44)28-43(33)36)49(42)50(35-18-6-4-12-30(35)2)52-41-22-10-16-32-15-9-21-40(47(32)41)51(48)52/h3-28H,1-2H3. The van der Waals surface area contributed by atoms with Gasteiger partial charge in [-0.2, -0.15) is 0 Å². The number of hydrogen-bond acceptors (Lipinski definition) is 0. The summed E-state index contributed by atoms with van der Waals surface area (Å²) < 4.78 is 0. The molecule has 52 heavy (non-hydrogen) atoms. The molecule has 0 heterocycles. The van der Waals surface area contributed by atoms with Crippen LogP contribution >= 0.6 is 0 Å². The highest BCUT2D eigenvalue weighted by molar-refractivity contribution is 6.33. The summed E-state index contributed by atoms with van der Waals surface area (Å²) >= 11 is 0. The second kappa shape index (κ2) is 10.1. The lowest BCUT2D eigenvalue weighted by Gasteiger charge is -2.23. The first-order valence-electron chi connectivity index (χ1n) is 18.4. The van der Waals surface area contributed by atoms with Gasteiger partial charge in [-0.15, -0.1) is 0 Å². The van der Waals surface area contributed by atoms with Crippen LogP contribution in [-0.4, -0.2) is 0 Å². The molecule has 0 atom stereocenters. The van der Waals surface area contributed by atoms with Crippen LogP contribution in [-0.2, 0) is 0 Å². The highest BCUT2D eigenvalue weighted by Gasteiger charge is 2.32. The van der Waals surface area contributed by atoms with E-state index in [0.717, 1.165) is 0 Å². The van der Waals surface area contributed by atoms with Crippen molar-refractivity contribution in [2.24, 2.45) is 0 Å². The summed E-state index contributed by atoms with van der Waals surface area (Å²) in [4.78, 5) is 0. The predicted octanol–water partition coefficient (Wildman–Crippen LogP) is 14.7. The van der Waals surface area contributed by atoms with Gasteiger partial charge in [0.2, 0.25) is 0 Å². The summed E-state index contributed by atoms with van der Waals surface area (Å²) in [6, 6.07) is 59.7. The van der Waals surface area contributed by atoms with Gasteiger partial charge < -0.3 is 0 Å². The van der Waals surface area contributed by atoms with Crippen molar-refractivity contribution in [3.63, 3.8) is 0 Å². The zero-order valence-corrected chi connectivity index (χ0v) is 29.0. The van der Waals surface area contributed by atoms with Crippen molar-refractivity contribution in [2.75, 3.05) is 0 Å². The molecular weight excluding hydrogens is 625 g/mol. The van der Waals surface area contributed by atoms with E-state index < -0.39 is 0 Å². The number of benzene rings is 10. The normalized spacial score (nSPS) is 12.4. The molecule has 0 amide bonds. The first-order chi connectivity index (χ1) is 25.7. The molecule has 0 nitrogen and oxygen atoms in total. The third-order valence-corrected chi connectivity index (χ3v) is 12.2. The van der Waals surface area contributed by atoms with Gasteiger partial charge in [0.1, 0.15) is 0 Å². The quantitative estimate of drug-likeness (QED) is 0.162. The lowest BCUT2D eigenvalue weighted by atomic mass is 9.79. The van der Waals surface area contributed by atoms with Crippen molar-refractivity contribution in [3.05, 3.63) is 169 Å². The molecule has 2 aliphatic rings. The van der Waals surface area contributed by atoms with Crippen molar-refractivity contribution in [3.8, 4) is 66.8 Å². The van der Waals surface area contributed by atoms with E-state index in [4.69, 9.17) is 0 Å². The fourth-order valence-corrected chi connectivity index (χ4v) is 9.96. The van der Waals surface area contributed by atoms with Gasteiger partial charge in [0.25, 0.3) is 0 Å². The lowest BCUT2D eigenvalue weighted by molar-refractivity contribution is 1.46. The summed E-state index contributed by atoms with van der Waals surface area (Å²) in [5.74, 6) is 0. The fourth-order valence-electron chi connectivity index (χ4n) is 9.96. The van der Waals surface area contributed by atoms with Crippen molar-refractivity contribution in [2.45, 2.75) is 13.8 Å². The summed E-state index contributed by atoms with van der Waals surface area (Å²) in [5, 5.41) is 13.2. The Morgan fingerprint density at radius 3 is 1.37 bits per heavy atom. The third kappa shape index (κ3) is 3.52. The molecule has 0 aliphatic heterocycles.